The third kappa shape index (κ3) is 12.0. The Balaban J connectivity index is 0.000000118. The van der Waals surface area contributed by atoms with E-state index in [1.165, 1.54) is 77.5 Å². The van der Waals surface area contributed by atoms with E-state index in [2.05, 4.69) is 213 Å². The van der Waals surface area contributed by atoms with E-state index in [1.807, 2.05) is 35.2 Å². The molecule has 6 aromatic carbocycles. The molecular weight excluding hydrogens is 1100 g/mol. The van der Waals surface area contributed by atoms with Crippen LogP contribution >= 0.6 is 34.0 Å². The Morgan fingerprint density at radius 2 is 1.14 bits per heavy atom. The second kappa shape index (κ2) is 22.9. The summed E-state index contributed by atoms with van der Waals surface area (Å²) in [6.07, 6.45) is 14.1. The lowest BCUT2D eigenvalue weighted by Gasteiger charge is -2.39. The van der Waals surface area contributed by atoms with Crippen molar-refractivity contribution in [2.24, 2.45) is 21.1 Å². The summed E-state index contributed by atoms with van der Waals surface area (Å²) in [6.45, 7) is 15.4. The molecule has 12 aromatic rings. The molecule has 0 saturated carbocycles. The molecule has 84 heavy (non-hydrogen) atoms. The third-order valence-corrected chi connectivity index (χ3v) is 19.7. The number of aromatic nitrogens is 9. The average molecular weight is 1170 g/mol. The van der Waals surface area contributed by atoms with Gasteiger partial charge in [-0.25, -0.2) is 15.0 Å². The van der Waals surface area contributed by atoms with Crippen LogP contribution in [0.15, 0.2) is 128 Å². The maximum absolute atomic E-state index is 6.31. The monoisotopic (exact) mass is 1170 g/mol. The first-order valence-electron chi connectivity index (χ1n) is 29.4. The summed E-state index contributed by atoms with van der Waals surface area (Å²) in [6, 6.07) is 39.1. The molecule has 0 aliphatic carbocycles. The smallest absolute Gasteiger partial charge is 0.274 e. The van der Waals surface area contributed by atoms with Gasteiger partial charge in [0.2, 0.25) is 0 Å². The lowest BCUT2D eigenvalue weighted by Crippen LogP contribution is -2.53. The van der Waals surface area contributed by atoms with Gasteiger partial charge in [-0.3, -0.25) is 14.0 Å². The molecule has 6 aromatic heterocycles. The maximum atomic E-state index is 6.31. The van der Waals surface area contributed by atoms with Crippen LogP contribution in [0.5, 0.6) is 5.19 Å². The van der Waals surface area contributed by atoms with E-state index < -0.39 is 0 Å². The fourth-order valence-corrected chi connectivity index (χ4v) is 15.6. The highest BCUT2D eigenvalue weighted by molar-refractivity contribution is 7.22. The number of hydrogen-bond acceptors (Lipinski definition) is 14. The minimum atomic E-state index is 0.0944. The van der Waals surface area contributed by atoms with Gasteiger partial charge in [0, 0.05) is 106 Å². The second-order valence-corrected chi connectivity index (χ2v) is 27.3. The van der Waals surface area contributed by atoms with Crippen LogP contribution < -0.4 is 25.6 Å². The number of nitrogens with one attached hydrogen (secondary N) is 3. The molecule has 3 N–H and O–H groups in total. The number of anilines is 1. The lowest BCUT2D eigenvalue weighted by atomic mass is 9.87. The van der Waals surface area contributed by atoms with Gasteiger partial charge in [0.15, 0.2) is 5.13 Å². The number of nitrogens with zero attached hydrogens (tertiary/aromatic N) is 10. The molecule has 5 atom stereocenters. The lowest BCUT2D eigenvalue weighted by molar-refractivity contribution is 0.0900. The van der Waals surface area contributed by atoms with E-state index in [-0.39, 0.29) is 11.6 Å². The van der Waals surface area contributed by atoms with Crippen molar-refractivity contribution < 1.29 is 4.74 Å². The van der Waals surface area contributed by atoms with Gasteiger partial charge >= 0.3 is 0 Å². The Labute approximate surface area is 502 Å². The van der Waals surface area contributed by atoms with E-state index >= 15 is 0 Å². The first kappa shape index (κ1) is 55.8. The summed E-state index contributed by atoms with van der Waals surface area (Å²) in [7, 11) is 8.08. The van der Waals surface area contributed by atoms with Gasteiger partial charge in [-0.2, -0.15) is 15.3 Å². The number of piperidine rings is 2. The zero-order valence-corrected chi connectivity index (χ0v) is 52.0. The van der Waals surface area contributed by atoms with Gasteiger partial charge in [0.05, 0.1) is 47.2 Å². The van der Waals surface area contributed by atoms with E-state index in [4.69, 9.17) is 19.7 Å². The van der Waals surface area contributed by atoms with Crippen molar-refractivity contribution >= 4 is 108 Å². The van der Waals surface area contributed by atoms with Crippen LogP contribution in [0.2, 0.25) is 0 Å². The Morgan fingerprint density at radius 3 is 1.79 bits per heavy atom. The number of fused-ring (bicyclic) bond motifs is 6. The van der Waals surface area contributed by atoms with Crippen LogP contribution in [-0.4, -0.2) is 100 Å². The molecule has 0 spiro atoms. The number of rotatable bonds is 8. The first-order valence-corrected chi connectivity index (χ1v) is 31.8. The van der Waals surface area contributed by atoms with Gasteiger partial charge in [-0.1, -0.05) is 59.1 Å². The summed E-state index contributed by atoms with van der Waals surface area (Å²) < 4.78 is 15.6. The number of aryl methyl sites for hydroxylation is 4. The van der Waals surface area contributed by atoms with Gasteiger partial charge in [-0.05, 0) is 191 Å². The van der Waals surface area contributed by atoms with Crippen LogP contribution in [0.25, 0.3) is 102 Å². The van der Waals surface area contributed by atoms with Crippen molar-refractivity contribution in [3.63, 3.8) is 0 Å². The first-order chi connectivity index (χ1) is 40.5. The number of thiazole rings is 3. The van der Waals surface area contributed by atoms with Crippen molar-refractivity contribution in [2.75, 3.05) is 25.0 Å². The molecule has 14 nitrogen and oxygen atoms in total. The number of hydrogen-bond donors (Lipinski definition) is 3. The average Bonchev–Trinajstić information content (AvgIpc) is 3.59. The highest BCUT2D eigenvalue weighted by atomic mass is 32.1. The van der Waals surface area contributed by atoms with E-state index in [1.54, 1.807) is 34.0 Å². The van der Waals surface area contributed by atoms with Crippen molar-refractivity contribution in [3.8, 4) is 38.6 Å². The van der Waals surface area contributed by atoms with Gasteiger partial charge in [0.1, 0.15) is 11.1 Å². The molecule has 3 aliphatic heterocycles. The minimum Gasteiger partial charge on any atom is -0.467 e. The molecule has 430 valence electrons. The van der Waals surface area contributed by atoms with Crippen molar-refractivity contribution in [1.29, 1.82) is 0 Å². The largest absolute Gasteiger partial charge is 0.467 e. The summed E-state index contributed by atoms with van der Waals surface area (Å²) in [4.78, 5) is 16.9. The molecule has 17 heteroatoms. The second-order valence-electron chi connectivity index (χ2n) is 24.2. The van der Waals surface area contributed by atoms with Crippen molar-refractivity contribution in [1.82, 2.24) is 60.2 Å². The van der Waals surface area contributed by atoms with Gasteiger partial charge < -0.3 is 25.6 Å². The Kier molecular flexibility index (Phi) is 15.2. The van der Waals surface area contributed by atoms with E-state index in [0.717, 1.165) is 90.9 Å². The fourth-order valence-electron chi connectivity index (χ4n) is 12.6. The fraction of sp³-hybridized carbons (Fsp3) is 0.343. The molecule has 15 rings (SSSR count). The van der Waals surface area contributed by atoms with Crippen LogP contribution in [-0.2, 0) is 21.1 Å². The van der Waals surface area contributed by atoms with Crippen molar-refractivity contribution in [3.05, 3.63) is 138 Å². The number of ether oxygens (including phenoxy) is 1. The molecule has 0 amide bonds. The SMILES string of the molecule is CC1CC(Oc2nc3ccc(-c4ccc5nn(C)cc5c4)cc3s2)CC(C)(C)N1.CC1CC(c2nc3ccc(-c4ccc5nn(C)cc5c4)cc3s2)=CCN1.Cc1cc(-c2ccc3nc(N(C)C4CCNC(C)C4)sc3c2)cc2cn(C)nc12. The zero-order chi connectivity index (χ0) is 58.0. The predicted octanol–water partition coefficient (Wildman–Crippen LogP) is 14.5. The normalized spacial score (nSPS) is 19.8. The zero-order valence-electron chi connectivity index (χ0n) is 49.6. The quantitative estimate of drug-likeness (QED) is 0.134. The van der Waals surface area contributed by atoms with Gasteiger partial charge in [-0.15, -0.1) is 11.3 Å². The van der Waals surface area contributed by atoms with Crippen LogP contribution in [0.3, 0.4) is 0 Å². The highest BCUT2D eigenvalue weighted by Crippen LogP contribution is 2.39. The summed E-state index contributed by atoms with van der Waals surface area (Å²) in [5, 5.41) is 30.7. The van der Waals surface area contributed by atoms with Crippen LogP contribution in [0, 0.1) is 6.92 Å². The van der Waals surface area contributed by atoms with E-state index in [0.29, 0.717) is 24.2 Å². The Bertz CT molecular complexity index is 4420. The molecule has 0 bridgehead atoms. The standard InChI is InChI=1S/C23H27N5S.C23H26N4OS.C21H20N4S/c1-14-9-17(11-18-13-27(3)26-22(14)18)16-5-6-20-21(12-16)29-23(25-20)28(4)19-7-8-24-15(2)10-19;1-14-9-18(12-23(2,3)25-14)28-22-24-20-8-6-16(11-21(20)29-22)15-5-7-19-17(10-15)13-27(4)26-19;1-13-9-16(7-8-22-13)21-23-19-6-4-15(11-20(19)26-21)14-3-5-18-17(10-14)12-25(2)24-18/h5-6,9,11-13,15,19,24H,7-8,10H2,1-4H3;5-8,10-11,13-14,18,25H,9,12H2,1-4H3;3-7,10-13,22H,8-9H2,1-2H3. The highest BCUT2D eigenvalue weighted by Gasteiger charge is 2.33. The minimum absolute atomic E-state index is 0.0944. The summed E-state index contributed by atoms with van der Waals surface area (Å²) >= 11 is 5.24. The van der Waals surface area contributed by atoms with E-state index in [9.17, 15) is 0 Å². The summed E-state index contributed by atoms with van der Waals surface area (Å²) in [5.74, 6) is 0. The van der Waals surface area contributed by atoms with Crippen LogP contribution in [0.4, 0.5) is 5.13 Å². The Hall–Kier alpha value is -7.38. The molecule has 0 radical (unpaired) electrons. The molecule has 5 unspecified atom stereocenters. The topological polar surface area (TPSA) is 141 Å². The summed E-state index contributed by atoms with van der Waals surface area (Å²) in [5.41, 5.74) is 16.3. The molecule has 9 heterocycles. The third-order valence-electron chi connectivity index (χ3n) is 16.6. The molecule has 3 aliphatic rings. The number of benzene rings is 6. The van der Waals surface area contributed by atoms with Crippen molar-refractivity contribution in [2.45, 2.75) is 109 Å². The predicted molar refractivity (Wildman–Crippen MR) is 352 cm³/mol. The molecule has 2 saturated heterocycles. The maximum Gasteiger partial charge on any atom is 0.274 e. The Morgan fingerprint density at radius 1 is 0.583 bits per heavy atom. The molecular formula is C67H73N13OS3. The van der Waals surface area contributed by atoms with Crippen LogP contribution in [0.1, 0.15) is 77.3 Å². The molecule has 2 fully saturated rings. The van der Waals surface area contributed by atoms with Gasteiger partial charge in [0.25, 0.3) is 5.19 Å².